The summed E-state index contributed by atoms with van der Waals surface area (Å²) < 4.78 is 67.9. The number of phenolic OH excluding ortho intramolecular Hbond substituents is 2. The van der Waals surface area contributed by atoms with Crippen LogP contribution in [0.2, 0.25) is 0 Å². The molecular formula is C38H30N4O12S2. The SMILES string of the molecule is Cc1ccc(NC(=O)C(=O)Nc2ccc(C)c(C(=O)Nc3cc(S(=O)(=O)O)c4ccccc4c3O)c2)cc1C(=O)Nc1cc(S(=O)(=O)O)c2ccccc2c1O. The molecule has 0 aliphatic heterocycles. The fourth-order valence-corrected chi connectivity index (χ4v) is 7.36. The molecule has 6 aromatic rings. The molecule has 0 saturated heterocycles. The first-order valence-corrected chi connectivity index (χ1v) is 19.1. The van der Waals surface area contributed by atoms with Gasteiger partial charge in [-0.2, -0.15) is 16.8 Å². The second-order valence-corrected chi connectivity index (χ2v) is 15.2. The predicted octanol–water partition coefficient (Wildman–Crippen LogP) is 5.60. The zero-order valence-corrected chi connectivity index (χ0v) is 30.7. The Labute approximate surface area is 318 Å². The van der Waals surface area contributed by atoms with Crippen LogP contribution in [0.3, 0.4) is 0 Å². The van der Waals surface area contributed by atoms with Gasteiger partial charge in [0.25, 0.3) is 32.1 Å². The molecule has 6 aromatic carbocycles. The summed E-state index contributed by atoms with van der Waals surface area (Å²) in [6.07, 6.45) is 0. The number of phenols is 2. The van der Waals surface area contributed by atoms with Crippen molar-refractivity contribution in [1.29, 1.82) is 0 Å². The van der Waals surface area contributed by atoms with E-state index in [0.29, 0.717) is 11.1 Å². The summed E-state index contributed by atoms with van der Waals surface area (Å²) in [5, 5.41) is 31.3. The van der Waals surface area contributed by atoms with E-state index in [1.54, 1.807) is 13.8 Å². The van der Waals surface area contributed by atoms with E-state index in [-0.39, 0.29) is 55.4 Å². The van der Waals surface area contributed by atoms with Gasteiger partial charge in [-0.25, -0.2) is 0 Å². The van der Waals surface area contributed by atoms with E-state index in [9.17, 15) is 55.3 Å². The van der Waals surface area contributed by atoms with Gasteiger partial charge in [0, 0.05) is 44.0 Å². The zero-order valence-electron chi connectivity index (χ0n) is 29.1. The number of carbonyl (C=O) groups is 4. The van der Waals surface area contributed by atoms with E-state index in [1.165, 1.54) is 84.9 Å². The molecule has 0 aliphatic rings. The summed E-state index contributed by atoms with van der Waals surface area (Å²) in [4.78, 5) is 51.5. The number of anilines is 4. The van der Waals surface area contributed by atoms with Crippen LogP contribution in [0, 0.1) is 13.8 Å². The molecule has 0 heterocycles. The quantitative estimate of drug-likeness (QED) is 0.0532. The van der Waals surface area contributed by atoms with Gasteiger partial charge in [-0.05, 0) is 61.4 Å². The average molecular weight is 799 g/mol. The molecule has 0 radical (unpaired) electrons. The van der Waals surface area contributed by atoms with Crippen LogP contribution in [0.4, 0.5) is 22.7 Å². The first kappa shape index (κ1) is 38.9. The molecule has 4 amide bonds. The Balaban J connectivity index is 1.18. The average Bonchev–Trinajstić information content (AvgIpc) is 3.14. The minimum absolute atomic E-state index is 0.00527. The largest absolute Gasteiger partial charge is 0.505 e. The Morgan fingerprint density at radius 3 is 1.16 bits per heavy atom. The lowest BCUT2D eigenvalue weighted by Crippen LogP contribution is -2.29. The Bertz CT molecular complexity index is 2700. The van der Waals surface area contributed by atoms with E-state index in [2.05, 4.69) is 21.3 Å². The van der Waals surface area contributed by atoms with Gasteiger partial charge in [0.2, 0.25) is 0 Å². The number of amides is 4. The number of nitrogens with one attached hydrogen (secondary N) is 4. The van der Waals surface area contributed by atoms with Gasteiger partial charge < -0.3 is 31.5 Å². The lowest BCUT2D eigenvalue weighted by atomic mass is 10.1. The molecule has 0 saturated carbocycles. The number of fused-ring (bicyclic) bond motifs is 2. The number of hydrogen-bond donors (Lipinski definition) is 8. The molecule has 0 unspecified atom stereocenters. The second-order valence-electron chi connectivity index (χ2n) is 12.5. The van der Waals surface area contributed by atoms with Gasteiger partial charge in [0.1, 0.15) is 21.3 Å². The highest BCUT2D eigenvalue weighted by Crippen LogP contribution is 2.39. The van der Waals surface area contributed by atoms with Gasteiger partial charge in [-0.1, -0.05) is 60.7 Å². The van der Waals surface area contributed by atoms with Crippen molar-refractivity contribution in [2.45, 2.75) is 23.6 Å². The van der Waals surface area contributed by atoms with Crippen molar-refractivity contribution in [2.24, 2.45) is 0 Å². The number of carbonyl (C=O) groups excluding carboxylic acids is 4. The fourth-order valence-electron chi connectivity index (χ4n) is 5.91. The highest BCUT2D eigenvalue weighted by molar-refractivity contribution is 7.86. The predicted molar refractivity (Wildman–Crippen MR) is 206 cm³/mol. The fraction of sp³-hybridized carbons (Fsp3) is 0.0526. The lowest BCUT2D eigenvalue weighted by molar-refractivity contribution is -0.132. The number of aryl methyl sites for hydroxylation is 2. The number of rotatable bonds is 8. The Hall–Kier alpha value is -6.86. The molecule has 0 aromatic heterocycles. The molecule has 286 valence electrons. The number of benzene rings is 6. The molecule has 16 nitrogen and oxygen atoms in total. The van der Waals surface area contributed by atoms with E-state index in [0.717, 1.165) is 12.1 Å². The normalized spacial score (nSPS) is 11.6. The van der Waals surface area contributed by atoms with Crippen molar-refractivity contribution in [3.8, 4) is 11.5 Å². The summed E-state index contributed by atoms with van der Waals surface area (Å²) in [7, 11) is -9.53. The first-order valence-electron chi connectivity index (χ1n) is 16.2. The molecule has 6 rings (SSSR count). The first-order chi connectivity index (χ1) is 26.3. The summed E-state index contributed by atoms with van der Waals surface area (Å²) in [6.45, 7) is 3.13. The standard InChI is InChI=1S/C38H30N4O12S2/c1-19-11-13-21(15-27(19)35(45)41-29-17-31(55(49,50)51)23-7-3-5-9-25(23)33(29)43)39-37(47)38(48)40-22-14-12-20(2)28(16-22)36(46)42-30-18-32(56(52,53)54)24-8-4-6-10-26(24)34(30)44/h3-18,43-44H,1-2H3,(H,39,47)(H,40,48)(H,41,45)(H,42,46)(H,49,50,51)(H,52,53,54). The number of hydrogen-bond acceptors (Lipinski definition) is 10. The van der Waals surface area contributed by atoms with Crippen LogP contribution in [0.25, 0.3) is 21.5 Å². The van der Waals surface area contributed by atoms with Crippen LogP contribution in [-0.2, 0) is 29.8 Å². The minimum atomic E-state index is -4.77. The Morgan fingerprint density at radius 2 is 0.821 bits per heavy atom. The molecule has 0 atom stereocenters. The van der Waals surface area contributed by atoms with E-state index in [4.69, 9.17) is 0 Å². The van der Waals surface area contributed by atoms with Gasteiger partial charge in [0.05, 0.1) is 11.4 Å². The third-order valence-electron chi connectivity index (χ3n) is 8.69. The maximum Gasteiger partial charge on any atom is 0.314 e. The van der Waals surface area contributed by atoms with E-state index < -0.39 is 65.2 Å². The van der Waals surface area contributed by atoms with Crippen LogP contribution >= 0.6 is 0 Å². The third-order valence-corrected chi connectivity index (χ3v) is 10.5. The van der Waals surface area contributed by atoms with Gasteiger partial charge in [0.15, 0.2) is 0 Å². The van der Waals surface area contributed by atoms with E-state index >= 15 is 0 Å². The summed E-state index contributed by atoms with van der Waals surface area (Å²) in [5.74, 6) is -4.92. The number of aromatic hydroxyl groups is 2. The van der Waals surface area contributed by atoms with Crippen molar-refractivity contribution >= 4 is 88.2 Å². The molecule has 18 heteroatoms. The van der Waals surface area contributed by atoms with Crippen molar-refractivity contribution in [2.75, 3.05) is 21.3 Å². The zero-order chi connectivity index (χ0) is 40.7. The molecule has 0 aliphatic carbocycles. The third kappa shape index (κ3) is 7.84. The van der Waals surface area contributed by atoms with Gasteiger partial charge >= 0.3 is 11.8 Å². The van der Waals surface area contributed by atoms with Gasteiger partial charge in [-0.3, -0.25) is 28.3 Å². The smallest absolute Gasteiger partial charge is 0.314 e. The van der Waals surface area contributed by atoms with Crippen LogP contribution in [0.5, 0.6) is 11.5 Å². The lowest BCUT2D eigenvalue weighted by Gasteiger charge is -2.15. The van der Waals surface area contributed by atoms with Crippen molar-refractivity contribution < 1.29 is 55.3 Å². The molecule has 8 N–H and O–H groups in total. The molecule has 0 fully saturated rings. The maximum absolute atomic E-state index is 13.4. The summed E-state index contributed by atoms with van der Waals surface area (Å²) in [6, 6.07) is 21.6. The maximum atomic E-state index is 13.4. The summed E-state index contributed by atoms with van der Waals surface area (Å²) >= 11 is 0. The second kappa shape index (κ2) is 14.8. The highest BCUT2D eigenvalue weighted by atomic mass is 32.2. The Kier molecular flexibility index (Phi) is 10.2. The molecule has 56 heavy (non-hydrogen) atoms. The van der Waals surface area contributed by atoms with Crippen LogP contribution < -0.4 is 21.3 Å². The summed E-state index contributed by atoms with van der Waals surface area (Å²) in [5.41, 5.74) is 0.111. The van der Waals surface area contributed by atoms with Gasteiger partial charge in [-0.15, -0.1) is 0 Å². The van der Waals surface area contributed by atoms with Crippen molar-refractivity contribution in [3.05, 3.63) is 119 Å². The van der Waals surface area contributed by atoms with E-state index in [1.807, 2.05) is 0 Å². The molecular weight excluding hydrogens is 769 g/mol. The van der Waals surface area contributed by atoms with Crippen LogP contribution in [0.15, 0.2) is 107 Å². The van der Waals surface area contributed by atoms with Crippen LogP contribution in [-0.4, -0.2) is 59.8 Å². The highest BCUT2D eigenvalue weighted by Gasteiger charge is 2.24. The Morgan fingerprint density at radius 1 is 0.482 bits per heavy atom. The monoisotopic (exact) mass is 798 g/mol. The van der Waals surface area contributed by atoms with Crippen molar-refractivity contribution in [1.82, 2.24) is 0 Å². The molecule has 0 bridgehead atoms. The van der Waals surface area contributed by atoms with Crippen LogP contribution in [0.1, 0.15) is 31.8 Å². The minimum Gasteiger partial charge on any atom is -0.505 e. The van der Waals surface area contributed by atoms with Crippen molar-refractivity contribution in [3.63, 3.8) is 0 Å². The molecule has 0 spiro atoms. The topological polar surface area (TPSA) is 266 Å².